The zero-order valence-electron chi connectivity index (χ0n) is 31.4. The second-order valence-corrected chi connectivity index (χ2v) is 15.0. The molecular weight excluding hydrogens is 705 g/mol. The third-order valence-electron chi connectivity index (χ3n) is 11.7. The molecule has 270 valence electrons. The second kappa shape index (κ2) is 12.9. The lowest BCUT2D eigenvalue weighted by molar-refractivity contribution is 1.16. The molecule has 0 N–H and O–H groups in total. The molecule has 0 aliphatic heterocycles. The highest BCUT2D eigenvalue weighted by Gasteiger charge is 2.22. The van der Waals surface area contributed by atoms with Crippen LogP contribution in [0.15, 0.2) is 206 Å². The molecule has 58 heavy (non-hydrogen) atoms. The van der Waals surface area contributed by atoms with Gasteiger partial charge >= 0.3 is 0 Å². The van der Waals surface area contributed by atoms with Gasteiger partial charge in [-0.2, -0.15) is 0 Å². The van der Waals surface area contributed by atoms with Crippen molar-refractivity contribution in [2.45, 2.75) is 0 Å². The van der Waals surface area contributed by atoms with Crippen LogP contribution in [0.1, 0.15) is 0 Å². The second-order valence-electron chi connectivity index (χ2n) is 15.0. The van der Waals surface area contributed by atoms with E-state index in [0.29, 0.717) is 5.82 Å². The average Bonchev–Trinajstić information content (AvgIpc) is 3.81. The predicted octanol–water partition coefficient (Wildman–Crippen LogP) is 14.0. The van der Waals surface area contributed by atoms with Gasteiger partial charge < -0.3 is 9.13 Å². The topological polar surface area (TPSA) is 35.6 Å². The summed E-state index contributed by atoms with van der Waals surface area (Å²) in [5.74, 6) is 0.707. The van der Waals surface area contributed by atoms with Crippen molar-refractivity contribution < 1.29 is 0 Å². The lowest BCUT2D eigenvalue weighted by Gasteiger charge is -2.12. The van der Waals surface area contributed by atoms with Gasteiger partial charge in [0.05, 0.1) is 33.3 Å². The lowest BCUT2D eigenvalue weighted by Crippen LogP contribution is -1.97. The van der Waals surface area contributed by atoms with Gasteiger partial charge in [0.25, 0.3) is 0 Å². The van der Waals surface area contributed by atoms with Crippen molar-refractivity contribution in [3.05, 3.63) is 206 Å². The highest BCUT2D eigenvalue weighted by molar-refractivity contribution is 6.26. The minimum atomic E-state index is 0.707. The van der Waals surface area contributed by atoms with Gasteiger partial charge in [-0.05, 0) is 88.6 Å². The Bertz CT molecular complexity index is 3530. The standard InChI is InChI=1S/C54H34N4/c1-4-15-35(16-5-1)42-24-14-26-47-51(42)44-33-45-49(57(39-20-8-3-9-21-39)48-32-29-36-17-10-11-22-41(36)52(45)48)34-50(44)58(47)40-30-27-38(28-31-40)54-55-46-25-13-12-23-43(46)53(56-54)37-18-6-2-7-19-37/h1-34H. The summed E-state index contributed by atoms with van der Waals surface area (Å²) >= 11 is 0. The van der Waals surface area contributed by atoms with Crippen LogP contribution in [0.5, 0.6) is 0 Å². The first-order chi connectivity index (χ1) is 28.8. The molecule has 0 spiro atoms. The molecule has 0 fully saturated rings. The molecule has 0 saturated carbocycles. The van der Waals surface area contributed by atoms with Crippen LogP contribution in [0.2, 0.25) is 0 Å². The number of aromatic nitrogens is 4. The van der Waals surface area contributed by atoms with E-state index in [2.05, 4.69) is 203 Å². The quantitative estimate of drug-likeness (QED) is 0.176. The number of hydrogen-bond acceptors (Lipinski definition) is 2. The Morgan fingerprint density at radius 3 is 1.69 bits per heavy atom. The van der Waals surface area contributed by atoms with Crippen LogP contribution in [-0.4, -0.2) is 19.1 Å². The molecule has 0 unspecified atom stereocenters. The zero-order valence-corrected chi connectivity index (χ0v) is 31.4. The predicted molar refractivity (Wildman–Crippen MR) is 242 cm³/mol. The number of para-hydroxylation sites is 2. The third kappa shape index (κ3) is 4.95. The Balaban J connectivity index is 1.14. The summed E-state index contributed by atoms with van der Waals surface area (Å²) in [5.41, 5.74) is 13.2. The van der Waals surface area contributed by atoms with Gasteiger partial charge in [0.1, 0.15) is 0 Å². The fourth-order valence-electron chi connectivity index (χ4n) is 9.12. The molecule has 3 heterocycles. The van der Waals surface area contributed by atoms with Gasteiger partial charge in [-0.25, -0.2) is 9.97 Å². The highest BCUT2D eigenvalue weighted by Crippen LogP contribution is 2.44. The Morgan fingerprint density at radius 1 is 0.328 bits per heavy atom. The van der Waals surface area contributed by atoms with Gasteiger partial charge in [0.2, 0.25) is 0 Å². The summed E-state index contributed by atoms with van der Waals surface area (Å²) in [6.45, 7) is 0. The summed E-state index contributed by atoms with van der Waals surface area (Å²) in [6, 6.07) is 73.8. The summed E-state index contributed by atoms with van der Waals surface area (Å²) in [5, 5.41) is 8.50. The van der Waals surface area contributed by atoms with Crippen LogP contribution < -0.4 is 0 Å². The number of hydrogen-bond donors (Lipinski definition) is 0. The molecule has 3 aromatic heterocycles. The van der Waals surface area contributed by atoms with Crippen LogP contribution in [0.3, 0.4) is 0 Å². The summed E-state index contributed by atoms with van der Waals surface area (Å²) < 4.78 is 4.86. The Labute approximate surface area is 334 Å². The van der Waals surface area contributed by atoms with Crippen molar-refractivity contribution in [2.24, 2.45) is 0 Å². The maximum absolute atomic E-state index is 5.17. The van der Waals surface area contributed by atoms with E-state index in [1.165, 1.54) is 54.5 Å². The van der Waals surface area contributed by atoms with E-state index in [4.69, 9.17) is 9.97 Å². The maximum Gasteiger partial charge on any atom is 0.160 e. The summed E-state index contributed by atoms with van der Waals surface area (Å²) in [6.07, 6.45) is 0. The average molecular weight is 739 g/mol. The first-order valence-electron chi connectivity index (χ1n) is 19.8. The molecule has 0 bridgehead atoms. The molecule has 0 radical (unpaired) electrons. The van der Waals surface area contributed by atoms with E-state index >= 15 is 0 Å². The van der Waals surface area contributed by atoms with E-state index in [1.54, 1.807) is 0 Å². The van der Waals surface area contributed by atoms with Crippen molar-refractivity contribution in [3.8, 4) is 45.1 Å². The SMILES string of the molecule is c1ccc(-c2nc(-c3ccc(-n4c5cc6c(cc5c5c(-c7ccccc7)cccc54)c4c5ccccc5ccc4n6-c4ccccc4)cc3)nc3ccccc23)cc1. The van der Waals surface area contributed by atoms with Crippen LogP contribution in [0, 0.1) is 0 Å². The molecule has 0 aliphatic rings. The molecule has 0 amide bonds. The van der Waals surface area contributed by atoms with Crippen molar-refractivity contribution in [1.82, 2.24) is 19.1 Å². The number of rotatable bonds is 5. The van der Waals surface area contributed by atoms with Gasteiger partial charge in [0.15, 0.2) is 5.82 Å². The first kappa shape index (κ1) is 32.4. The molecule has 9 aromatic carbocycles. The molecule has 0 atom stereocenters. The minimum absolute atomic E-state index is 0.707. The third-order valence-corrected chi connectivity index (χ3v) is 11.7. The van der Waals surface area contributed by atoms with Crippen LogP contribution in [0.25, 0.3) is 110 Å². The normalized spacial score (nSPS) is 11.8. The lowest BCUT2D eigenvalue weighted by atomic mass is 9.98. The first-order valence-corrected chi connectivity index (χ1v) is 19.8. The molecule has 4 heteroatoms. The molecule has 12 aromatic rings. The Morgan fingerprint density at radius 2 is 0.931 bits per heavy atom. The van der Waals surface area contributed by atoms with E-state index in [9.17, 15) is 0 Å². The van der Waals surface area contributed by atoms with E-state index in [0.717, 1.165) is 50.1 Å². The van der Waals surface area contributed by atoms with Gasteiger partial charge in [-0.15, -0.1) is 0 Å². The van der Waals surface area contributed by atoms with E-state index in [1.807, 2.05) is 12.1 Å². The van der Waals surface area contributed by atoms with Crippen molar-refractivity contribution in [2.75, 3.05) is 0 Å². The summed E-state index contributed by atoms with van der Waals surface area (Å²) in [7, 11) is 0. The van der Waals surface area contributed by atoms with Crippen LogP contribution in [-0.2, 0) is 0 Å². The molecule has 12 rings (SSSR count). The fraction of sp³-hybridized carbons (Fsp3) is 0. The van der Waals surface area contributed by atoms with Crippen molar-refractivity contribution in [1.29, 1.82) is 0 Å². The number of fused-ring (bicyclic) bond motifs is 9. The largest absolute Gasteiger partial charge is 0.309 e. The van der Waals surface area contributed by atoms with E-state index in [-0.39, 0.29) is 0 Å². The maximum atomic E-state index is 5.17. The van der Waals surface area contributed by atoms with E-state index < -0.39 is 0 Å². The molecule has 0 saturated heterocycles. The van der Waals surface area contributed by atoms with Gasteiger partial charge in [-0.3, -0.25) is 0 Å². The minimum Gasteiger partial charge on any atom is -0.309 e. The molecular formula is C54H34N4. The fourth-order valence-corrected chi connectivity index (χ4v) is 9.12. The van der Waals surface area contributed by atoms with Gasteiger partial charge in [0, 0.05) is 49.4 Å². The monoisotopic (exact) mass is 738 g/mol. The number of benzene rings is 9. The van der Waals surface area contributed by atoms with Gasteiger partial charge in [-0.1, -0.05) is 140 Å². The highest BCUT2D eigenvalue weighted by atomic mass is 15.0. The Kier molecular flexibility index (Phi) is 7.20. The zero-order chi connectivity index (χ0) is 38.2. The smallest absolute Gasteiger partial charge is 0.160 e. The molecule has 0 aliphatic carbocycles. The van der Waals surface area contributed by atoms with Crippen LogP contribution in [0.4, 0.5) is 0 Å². The van der Waals surface area contributed by atoms with Crippen molar-refractivity contribution >= 4 is 65.3 Å². The van der Waals surface area contributed by atoms with Crippen molar-refractivity contribution in [3.63, 3.8) is 0 Å². The van der Waals surface area contributed by atoms with Crippen LogP contribution >= 0.6 is 0 Å². The summed E-state index contributed by atoms with van der Waals surface area (Å²) in [4.78, 5) is 10.2. The Hall–Kier alpha value is -7.82. The molecule has 4 nitrogen and oxygen atoms in total. The number of nitrogens with zero attached hydrogens (tertiary/aromatic N) is 4.